The van der Waals surface area contributed by atoms with Crippen LogP contribution in [0.1, 0.15) is 18.1 Å². The topological polar surface area (TPSA) is 130 Å². The van der Waals surface area contributed by atoms with E-state index >= 15 is 0 Å². The van der Waals surface area contributed by atoms with Crippen LogP contribution in [0.15, 0.2) is 30.3 Å². The standard InChI is InChI=1S/C17H17FN2O7S2.K.H/c1-10-3-4-12(15(5-10)27-28(2,23)24)6-11-7-13(18)17(14(21)8-11)20-9-16(22)19-29(20,25)26;;/h3-5,7-8,21H,6,9H2,1-2H3,(H,19,22);;/q;+1;-1. The van der Waals surface area contributed by atoms with Gasteiger partial charge in [0.25, 0.3) is 5.91 Å². The average molecular weight is 485 g/mol. The van der Waals surface area contributed by atoms with Crippen LogP contribution >= 0.6 is 0 Å². The first-order valence-electron chi connectivity index (χ1n) is 8.19. The van der Waals surface area contributed by atoms with Crippen LogP contribution in [0.25, 0.3) is 0 Å². The van der Waals surface area contributed by atoms with Gasteiger partial charge in [-0.1, -0.05) is 12.1 Å². The number of aryl methyl sites for hydroxylation is 1. The van der Waals surface area contributed by atoms with Crippen molar-refractivity contribution in [3.05, 3.63) is 52.8 Å². The predicted octanol–water partition coefficient (Wildman–Crippen LogP) is -1.93. The van der Waals surface area contributed by atoms with E-state index in [9.17, 15) is 31.1 Å². The van der Waals surface area contributed by atoms with Crippen LogP contribution in [0.3, 0.4) is 0 Å². The summed E-state index contributed by atoms with van der Waals surface area (Å²) < 4.78 is 68.5. The van der Waals surface area contributed by atoms with Gasteiger partial charge in [-0.2, -0.15) is 16.8 Å². The SMILES string of the molecule is Cc1ccc(Cc2cc(O)c(N3CC(=O)NS3(=O)=O)c(F)c2)c(OS(C)(=O)=O)c1.[H-].[K+]. The second-order valence-electron chi connectivity index (χ2n) is 6.56. The van der Waals surface area contributed by atoms with Crippen molar-refractivity contribution < 1.29 is 88.1 Å². The number of hydrogen-bond donors (Lipinski definition) is 2. The van der Waals surface area contributed by atoms with Gasteiger partial charge < -0.3 is 10.7 Å². The number of benzene rings is 2. The van der Waals surface area contributed by atoms with Crippen LogP contribution in [0.2, 0.25) is 0 Å². The number of rotatable bonds is 5. The molecule has 3 rings (SSSR count). The Morgan fingerprint density at radius 1 is 1.30 bits per heavy atom. The van der Waals surface area contributed by atoms with Crippen LogP contribution in [0.4, 0.5) is 10.1 Å². The van der Waals surface area contributed by atoms with Gasteiger partial charge in [0, 0.05) is 12.0 Å². The summed E-state index contributed by atoms with van der Waals surface area (Å²) in [7, 11) is -8.09. The number of nitrogens with zero attached hydrogens (tertiary/aromatic N) is 1. The van der Waals surface area contributed by atoms with Crippen LogP contribution in [0, 0.1) is 12.7 Å². The van der Waals surface area contributed by atoms with E-state index in [0.29, 0.717) is 9.87 Å². The largest absolute Gasteiger partial charge is 1.00 e. The van der Waals surface area contributed by atoms with Crippen molar-refractivity contribution in [2.45, 2.75) is 13.3 Å². The second-order valence-corrected chi connectivity index (χ2v) is 9.73. The molecule has 0 aliphatic carbocycles. The molecule has 30 heavy (non-hydrogen) atoms. The number of amides is 1. The third-order valence-electron chi connectivity index (χ3n) is 4.03. The van der Waals surface area contributed by atoms with Gasteiger partial charge in [0.2, 0.25) is 0 Å². The molecule has 1 amide bonds. The maximum Gasteiger partial charge on any atom is 1.00 e. The van der Waals surface area contributed by atoms with E-state index in [1.54, 1.807) is 23.8 Å². The molecule has 0 unspecified atom stereocenters. The molecule has 0 atom stereocenters. The molecule has 2 N–H and O–H groups in total. The molecule has 0 radical (unpaired) electrons. The maximum absolute atomic E-state index is 14.6. The molecule has 0 aromatic heterocycles. The van der Waals surface area contributed by atoms with Crippen LogP contribution in [-0.4, -0.2) is 40.6 Å². The van der Waals surface area contributed by atoms with Crippen LogP contribution in [0.5, 0.6) is 11.5 Å². The van der Waals surface area contributed by atoms with Gasteiger partial charge in [-0.3, -0.25) is 4.79 Å². The van der Waals surface area contributed by atoms with E-state index in [0.717, 1.165) is 24.0 Å². The minimum atomic E-state index is -4.29. The number of hydrogen-bond acceptors (Lipinski definition) is 7. The van der Waals surface area contributed by atoms with Gasteiger partial charge in [0.05, 0.1) is 6.26 Å². The smallest absolute Gasteiger partial charge is 1.00 e. The molecule has 2 aromatic rings. The van der Waals surface area contributed by atoms with Crippen molar-refractivity contribution >= 4 is 31.9 Å². The Kier molecular flexibility index (Phi) is 7.60. The fourth-order valence-corrected chi connectivity index (χ4v) is 4.55. The molecular formula is C17H18FKN2O7S2. The van der Waals surface area contributed by atoms with E-state index in [1.165, 1.54) is 6.07 Å². The van der Waals surface area contributed by atoms with Gasteiger partial charge >= 0.3 is 71.7 Å². The van der Waals surface area contributed by atoms with Crippen molar-refractivity contribution in [1.29, 1.82) is 0 Å². The number of nitrogens with one attached hydrogen (secondary N) is 1. The number of anilines is 1. The van der Waals surface area contributed by atoms with E-state index < -0.39 is 50.0 Å². The summed E-state index contributed by atoms with van der Waals surface area (Å²) in [6.45, 7) is 1.08. The number of aromatic hydroxyl groups is 1. The Bertz CT molecular complexity index is 1200. The first-order valence-corrected chi connectivity index (χ1v) is 11.4. The quantitative estimate of drug-likeness (QED) is 0.373. The third kappa shape index (κ3) is 5.72. The van der Waals surface area contributed by atoms with Gasteiger partial charge in [-0.25, -0.2) is 13.4 Å². The summed E-state index contributed by atoms with van der Waals surface area (Å²) in [5.74, 6) is -2.53. The summed E-state index contributed by atoms with van der Waals surface area (Å²) in [4.78, 5) is 11.4. The molecule has 0 saturated carbocycles. The first-order chi connectivity index (χ1) is 13.4. The number of carbonyl (C=O) groups excluding carboxylic acids is 1. The fourth-order valence-electron chi connectivity index (χ4n) is 2.90. The molecule has 1 fully saturated rings. The molecule has 0 spiro atoms. The Morgan fingerprint density at radius 2 is 1.97 bits per heavy atom. The van der Waals surface area contributed by atoms with Gasteiger partial charge in [-0.15, -0.1) is 0 Å². The fraction of sp³-hybridized carbons (Fsp3) is 0.235. The van der Waals surface area contributed by atoms with Gasteiger partial charge in [0.1, 0.15) is 23.7 Å². The van der Waals surface area contributed by atoms with Crippen molar-refractivity contribution in [1.82, 2.24) is 4.72 Å². The van der Waals surface area contributed by atoms with E-state index in [1.807, 2.05) is 0 Å². The zero-order chi connectivity index (χ0) is 21.6. The van der Waals surface area contributed by atoms with Crippen molar-refractivity contribution in [2.75, 3.05) is 17.1 Å². The Balaban J connectivity index is 0.00000240. The summed E-state index contributed by atoms with van der Waals surface area (Å²) in [6.07, 6.45) is 0.894. The van der Waals surface area contributed by atoms with Crippen LogP contribution < -0.4 is 64.6 Å². The molecule has 1 aliphatic rings. The molecule has 158 valence electrons. The number of carbonyl (C=O) groups is 1. The van der Waals surface area contributed by atoms with Gasteiger partial charge in [-0.05, 0) is 36.2 Å². The Morgan fingerprint density at radius 3 is 2.50 bits per heavy atom. The summed E-state index contributed by atoms with van der Waals surface area (Å²) >= 11 is 0. The Labute approximate surface area is 217 Å². The van der Waals surface area contributed by atoms with Crippen molar-refractivity contribution in [3.8, 4) is 11.5 Å². The summed E-state index contributed by atoms with van der Waals surface area (Å²) in [5.41, 5.74) is 0.747. The van der Waals surface area contributed by atoms with Crippen molar-refractivity contribution in [2.24, 2.45) is 0 Å². The van der Waals surface area contributed by atoms with Crippen LogP contribution in [-0.2, 0) is 31.5 Å². The third-order valence-corrected chi connectivity index (χ3v) is 5.89. The van der Waals surface area contributed by atoms with Crippen molar-refractivity contribution in [3.63, 3.8) is 0 Å². The normalized spacial score (nSPS) is 15.4. The maximum atomic E-state index is 14.6. The minimum Gasteiger partial charge on any atom is -1.00 e. The molecule has 1 heterocycles. The van der Waals surface area contributed by atoms with E-state index in [-0.39, 0.29) is 70.5 Å². The molecule has 9 nitrogen and oxygen atoms in total. The average Bonchev–Trinajstić information content (AvgIpc) is 2.80. The number of phenols is 1. The van der Waals surface area contributed by atoms with E-state index in [2.05, 4.69) is 0 Å². The number of halogens is 1. The number of phenolic OH excluding ortho intramolecular Hbond substituents is 1. The molecule has 1 saturated heterocycles. The predicted molar refractivity (Wildman–Crippen MR) is 103 cm³/mol. The first kappa shape index (κ1) is 25.0. The Hall–Kier alpha value is -1.22. The summed E-state index contributed by atoms with van der Waals surface area (Å²) in [5, 5.41) is 10.2. The molecule has 1 aliphatic heterocycles. The molecule has 2 aromatic carbocycles. The monoisotopic (exact) mass is 484 g/mol. The molecular weight excluding hydrogens is 466 g/mol. The van der Waals surface area contributed by atoms with E-state index in [4.69, 9.17) is 4.18 Å². The zero-order valence-electron chi connectivity index (χ0n) is 17.3. The second kappa shape index (κ2) is 9.10. The van der Waals surface area contributed by atoms with Gasteiger partial charge in [0.15, 0.2) is 5.82 Å². The molecule has 13 heteroatoms. The summed E-state index contributed by atoms with van der Waals surface area (Å²) in [6, 6.07) is 6.96. The minimum absolute atomic E-state index is 0. The zero-order valence-corrected chi connectivity index (χ0v) is 21.1. The molecule has 0 bridgehead atoms.